The number of hydrogen-bond donors (Lipinski definition) is 2. The van der Waals surface area contributed by atoms with Gasteiger partial charge in [-0.3, -0.25) is 14.7 Å². The molecule has 3 fully saturated rings. The Labute approximate surface area is 256 Å². The van der Waals surface area contributed by atoms with Gasteiger partial charge in [-0.05, 0) is 38.0 Å². The van der Waals surface area contributed by atoms with Gasteiger partial charge in [-0.2, -0.15) is 0 Å². The number of benzene rings is 1. The standard InChI is InChI=1S/C28H30ClFN6O4S2/c1-2-40-25(37)20-19(32-23(24-31-8-11-42-24)33-22(20)17-4-3-5-18(30)21(17)29)14-34-9-10-36-16(12-34)13-35(27(36)41)15-28(6-7-28)26(38)39/h3-5,8,11,16,22H,2,6-7,9-10,12-15H2,1H3,(H,32,33)(H,38,39)/t16-,22?/m0/s1. The van der Waals surface area contributed by atoms with E-state index in [4.69, 9.17) is 33.5 Å². The fraction of sp³-hybridized carbons (Fsp3) is 0.464. The molecule has 0 spiro atoms. The molecule has 3 aliphatic heterocycles. The van der Waals surface area contributed by atoms with Crippen LogP contribution in [0.4, 0.5) is 4.39 Å². The number of nitrogens with one attached hydrogen (secondary N) is 1. The highest BCUT2D eigenvalue weighted by molar-refractivity contribution is 7.80. The van der Waals surface area contributed by atoms with E-state index in [0.29, 0.717) is 79.3 Å². The number of aliphatic imine (C=N–C) groups is 1. The summed E-state index contributed by atoms with van der Waals surface area (Å²) in [5.41, 5.74) is 0.532. The number of thiazole rings is 1. The van der Waals surface area contributed by atoms with E-state index in [9.17, 15) is 19.1 Å². The highest BCUT2D eigenvalue weighted by Crippen LogP contribution is 2.47. The molecular weight excluding hydrogens is 603 g/mol. The van der Waals surface area contributed by atoms with Gasteiger partial charge in [0.05, 0.1) is 28.7 Å². The Morgan fingerprint density at radius 3 is 2.81 bits per heavy atom. The number of hydrogen-bond acceptors (Lipinski definition) is 9. The second kappa shape index (κ2) is 11.5. The zero-order chi connectivity index (χ0) is 29.6. The van der Waals surface area contributed by atoms with Crippen molar-refractivity contribution >= 4 is 58.0 Å². The van der Waals surface area contributed by atoms with E-state index >= 15 is 0 Å². The summed E-state index contributed by atoms with van der Waals surface area (Å²) in [6.07, 6.45) is 3.02. The fourth-order valence-corrected chi connectivity index (χ4v) is 7.07. The predicted octanol–water partition coefficient (Wildman–Crippen LogP) is 3.30. The maximum absolute atomic E-state index is 14.6. The smallest absolute Gasteiger partial charge is 0.338 e. The number of amidine groups is 1. The first kappa shape index (κ1) is 29.0. The van der Waals surface area contributed by atoms with Crippen molar-refractivity contribution in [3.63, 3.8) is 0 Å². The summed E-state index contributed by atoms with van der Waals surface area (Å²) < 4.78 is 20.1. The highest BCUT2D eigenvalue weighted by atomic mass is 35.5. The number of carbonyl (C=O) groups is 2. The van der Waals surface area contributed by atoms with E-state index in [0.717, 1.165) is 0 Å². The van der Waals surface area contributed by atoms with Gasteiger partial charge in [0, 0.05) is 62.1 Å². The number of aromatic nitrogens is 1. The van der Waals surface area contributed by atoms with Crippen LogP contribution in [0.15, 0.2) is 46.0 Å². The van der Waals surface area contributed by atoms with Crippen molar-refractivity contribution in [3.8, 4) is 0 Å². The van der Waals surface area contributed by atoms with Crippen molar-refractivity contribution in [2.24, 2.45) is 10.4 Å². The van der Waals surface area contributed by atoms with E-state index in [1.54, 1.807) is 25.3 Å². The molecule has 1 saturated carbocycles. The zero-order valence-corrected chi connectivity index (χ0v) is 25.3. The summed E-state index contributed by atoms with van der Waals surface area (Å²) in [6, 6.07) is 3.67. The third-order valence-corrected chi connectivity index (χ3v) is 9.90. The van der Waals surface area contributed by atoms with E-state index in [-0.39, 0.29) is 23.2 Å². The molecule has 2 aromatic rings. The van der Waals surface area contributed by atoms with Gasteiger partial charge >= 0.3 is 11.9 Å². The Morgan fingerprint density at radius 1 is 1.31 bits per heavy atom. The number of carboxylic acids is 1. The van der Waals surface area contributed by atoms with E-state index in [1.807, 2.05) is 10.3 Å². The lowest BCUT2D eigenvalue weighted by Crippen LogP contribution is -2.53. The first-order chi connectivity index (χ1) is 20.2. The zero-order valence-electron chi connectivity index (χ0n) is 22.9. The number of fused-ring (bicyclic) bond motifs is 1. The molecule has 0 bridgehead atoms. The number of carboxylic acid groups (broad SMARTS) is 1. The Hall–Kier alpha value is -3.13. The second-order valence-corrected chi connectivity index (χ2v) is 12.6. The predicted molar refractivity (Wildman–Crippen MR) is 160 cm³/mol. The number of thiocarbonyl (C=S) groups is 1. The lowest BCUT2D eigenvalue weighted by atomic mass is 9.95. The van der Waals surface area contributed by atoms with Gasteiger partial charge in [-0.25, -0.2) is 14.2 Å². The van der Waals surface area contributed by atoms with Gasteiger partial charge in [0.25, 0.3) is 0 Å². The monoisotopic (exact) mass is 632 g/mol. The molecule has 2 saturated heterocycles. The number of piperazine rings is 1. The van der Waals surface area contributed by atoms with Gasteiger partial charge in [0.1, 0.15) is 11.9 Å². The molecule has 4 heterocycles. The third-order valence-electron chi connectivity index (χ3n) is 8.23. The number of esters is 1. The first-order valence-electron chi connectivity index (χ1n) is 13.8. The van der Waals surface area contributed by atoms with Crippen LogP contribution in [0, 0.1) is 11.2 Å². The number of rotatable bonds is 9. The fourth-order valence-electron chi connectivity index (χ4n) is 5.87. The van der Waals surface area contributed by atoms with Crippen molar-refractivity contribution in [2.45, 2.75) is 31.8 Å². The van der Waals surface area contributed by atoms with Crippen LogP contribution in [0.3, 0.4) is 0 Å². The van der Waals surface area contributed by atoms with Crippen molar-refractivity contribution in [1.82, 2.24) is 25.0 Å². The lowest BCUT2D eigenvalue weighted by Gasteiger charge is -2.38. The molecule has 4 aliphatic rings. The Balaban J connectivity index is 1.29. The molecule has 0 radical (unpaired) electrons. The van der Waals surface area contributed by atoms with Gasteiger partial charge in [0.15, 0.2) is 16.0 Å². The largest absolute Gasteiger partial charge is 0.481 e. The van der Waals surface area contributed by atoms with Crippen molar-refractivity contribution in [3.05, 3.63) is 62.5 Å². The summed E-state index contributed by atoms with van der Waals surface area (Å²) in [4.78, 5) is 40.9. The van der Waals surface area contributed by atoms with E-state index in [2.05, 4.69) is 20.1 Å². The summed E-state index contributed by atoms with van der Waals surface area (Å²) >= 11 is 13.6. The topological polar surface area (TPSA) is 111 Å². The summed E-state index contributed by atoms with van der Waals surface area (Å²) in [5, 5.41) is 16.1. The third kappa shape index (κ3) is 5.38. The van der Waals surface area contributed by atoms with Crippen LogP contribution in [-0.2, 0) is 14.3 Å². The molecule has 1 aromatic heterocycles. The molecule has 2 N–H and O–H groups in total. The summed E-state index contributed by atoms with van der Waals surface area (Å²) in [6.45, 7) is 5.35. The number of halogens is 2. The molecule has 2 atom stereocenters. The number of ether oxygens (including phenoxy) is 1. The minimum atomic E-state index is -0.899. The van der Waals surface area contributed by atoms with Crippen LogP contribution in [0.5, 0.6) is 0 Å². The Kier molecular flexibility index (Phi) is 7.94. The van der Waals surface area contributed by atoms with Crippen LogP contribution in [0.1, 0.15) is 36.4 Å². The molecule has 1 aliphatic carbocycles. The number of carbonyl (C=O) groups excluding carboxylic acids is 1. The summed E-state index contributed by atoms with van der Waals surface area (Å²) in [7, 11) is 0. The average molecular weight is 633 g/mol. The molecule has 6 rings (SSSR count). The normalized spacial score (nSPS) is 23.4. The van der Waals surface area contributed by atoms with Crippen LogP contribution in [-0.4, -0.2) is 99.6 Å². The van der Waals surface area contributed by atoms with Crippen molar-refractivity contribution in [2.75, 3.05) is 45.9 Å². The molecule has 1 aromatic carbocycles. The Morgan fingerprint density at radius 2 is 2.12 bits per heavy atom. The lowest BCUT2D eigenvalue weighted by molar-refractivity contribution is -0.143. The number of aliphatic carboxylic acids is 1. The van der Waals surface area contributed by atoms with Crippen LogP contribution >= 0.6 is 35.2 Å². The van der Waals surface area contributed by atoms with E-state index < -0.39 is 29.2 Å². The quantitative estimate of drug-likeness (QED) is 0.316. The minimum absolute atomic E-state index is 0.0895. The van der Waals surface area contributed by atoms with Crippen LogP contribution < -0.4 is 5.32 Å². The molecular formula is C28H30ClFN6O4S2. The first-order valence-corrected chi connectivity index (χ1v) is 15.5. The van der Waals surface area contributed by atoms with Crippen molar-refractivity contribution in [1.29, 1.82) is 0 Å². The molecule has 222 valence electrons. The van der Waals surface area contributed by atoms with Gasteiger partial charge in [-0.15, -0.1) is 11.3 Å². The molecule has 14 heteroatoms. The molecule has 42 heavy (non-hydrogen) atoms. The average Bonchev–Trinajstić information content (AvgIpc) is 3.41. The SMILES string of the molecule is CCOC(=O)C1=C(CN2CCN3C(=S)N(CC4(C(=O)O)CC4)C[C@@H]3C2)NC(c2nccs2)=NC1c1cccc(F)c1Cl. The van der Waals surface area contributed by atoms with Crippen LogP contribution in [0.2, 0.25) is 5.02 Å². The molecule has 0 amide bonds. The molecule has 1 unspecified atom stereocenters. The van der Waals surface area contributed by atoms with Gasteiger partial charge in [-0.1, -0.05) is 23.7 Å². The molecule has 10 nitrogen and oxygen atoms in total. The Bertz CT molecular complexity index is 1480. The maximum atomic E-state index is 14.6. The van der Waals surface area contributed by atoms with Gasteiger partial charge in [0.2, 0.25) is 0 Å². The van der Waals surface area contributed by atoms with E-state index in [1.165, 1.54) is 17.4 Å². The highest BCUT2D eigenvalue weighted by Gasteiger charge is 2.53. The minimum Gasteiger partial charge on any atom is -0.481 e. The number of nitrogens with zero attached hydrogens (tertiary/aromatic N) is 5. The second-order valence-electron chi connectivity index (χ2n) is 10.9. The maximum Gasteiger partial charge on any atom is 0.338 e. The van der Waals surface area contributed by atoms with Crippen molar-refractivity contribution < 1.29 is 23.8 Å². The van der Waals surface area contributed by atoms with Gasteiger partial charge < -0.3 is 25.0 Å². The van der Waals surface area contributed by atoms with Crippen LogP contribution in [0.25, 0.3) is 0 Å². The summed E-state index contributed by atoms with van der Waals surface area (Å²) in [5.74, 6) is -1.45.